The molecule has 0 radical (unpaired) electrons. The highest BCUT2D eigenvalue weighted by atomic mass is 32.2. The predicted octanol–water partition coefficient (Wildman–Crippen LogP) is 4.57. The first-order chi connectivity index (χ1) is 9.20. The maximum absolute atomic E-state index is 3.59. The third kappa shape index (κ3) is 3.85. The Morgan fingerprint density at radius 3 is 2.37 bits per heavy atom. The van der Waals surface area contributed by atoms with E-state index in [4.69, 9.17) is 0 Å². The second-order valence-corrected chi connectivity index (χ2v) is 5.69. The molecule has 1 atom stereocenters. The highest BCUT2D eigenvalue weighted by Gasteiger charge is 2.06. The van der Waals surface area contributed by atoms with Crippen molar-refractivity contribution in [1.82, 2.24) is 5.32 Å². The molecule has 0 bridgehead atoms. The summed E-state index contributed by atoms with van der Waals surface area (Å²) in [6.07, 6.45) is 2.10. The summed E-state index contributed by atoms with van der Waals surface area (Å²) in [5, 5.41) is 3.59. The number of rotatable bonds is 5. The maximum atomic E-state index is 3.59. The van der Waals surface area contributed by atoms with Crippen LogP contribution in [0.4, 0.5) is 0 Å². The molecule has 1 N–H and O–H groups in total. The summed E-state index contributed by atoms with van der Waals surface area (Å²) in [4.78, 5) is 1.32. The summed E-state index contributed by atoms with van der Waals surface area (Å²) < 4.78 is 0. The van der Waals surface area contributed by atoms with Crippen LogP contribution < -0.4 is 5.32 Å². The molecular weight excluding hydrogens is 250 g/mol. The van der Waals surface area contributed by atoms with E-state index in [9.17, 15) is 0 Å². The zero-order valence-electron chi connectivity index (χ0n) is 11.8. The van der Waals surface area contributed by atoms with E-state index < -0.39 is 0 Å². The monoisotopic (exact) mass is 271 g/mol. The fourth-order valence-electron chi connectivity index (χ4n) is 2.20. The molecule has 1 nitrogen and oxygen atoms in total. The van der Waals surface area contributed by atoms with Crippen LogP contribution in [-0.4, -0.2) is 6.26 Å². The minimum atomic E-state index is 0.376. The van der Waals surface area contributed by atoms with Gasteiger partial charge in [-0.05, 0) is 48.9 Å². The van der Waals surface area contributed by atoms with Crippen LogP contribution in [0.3, 0.4) is 0 Å². The summed E-state index contributed by atoms with van der Waals surface area (Å²) in [6, 6.07) is 17.7. The van der Waals surface area contributed by atoms with E-state index in [1.54, 1.807) is 11.8 Å². The molecule has 2 rings (SSSR count). The van der Waals surface area contributed by atoms with Crippen molar-refractivity contribution in [2.24, 2.45) is 0 Å². The summed E-state index contributed by atoms with van der Waals surface area (Å²) in [7, 11) is 0. The molecular formula is C17H21NS. The van der Waals surface area contributed by atoms with Crippen LogP contribution in [0.25, 0.3) is 0 Å². The van der Waals surface area contributed by atoms with Crippen LogP contribution in [-0.2, 0) is 6.54 Å². The van der Waals surface area contributed by atoms with Crippen molar-refractivity contribution >= 4 is 11.8 Å². The fraction of sp³-hybridized carbons (Fsp3) is 0.294. The van der Waals surface area contributed by atoms with Crippen molar-refractivity contribution in [3.63, 3.8) is 0 Å². The number of hydrogen-bond donors (Lipinski definition) is 1. The summed E-state index contributed by atoms with van der Waals surface area (Å²) in [6.45, 7) is 5.30. The molecule has 0 amide bonds. The lowest BCUT2D eigenvalue weighted by Crippen LogP contribution is -2.18. The number of nitrogens with one attached hydrogen (secondary N) is 1. The van der Waals surface area contributed by atoms with Crippen LogP contribution in [0, 0.1) is 6.92 Å². The van der Waals surface area contributed by atoms with E-state index in [-0.39, 0.29) is 0 Å². The molecule has 0 fully saturated rings. The average Bonchev–Trinajstić information content (AvgIpc) is 2.46. The topological polar surface area (TPSA) is 12.0 Å². The van der Waals surface area contributed by atoms with Crippen LogP contribution in [0.5, 0.6) is 0 Å². The number of hydrogen-bond acceptors (Lipinski definition) is 2. The van der Waals surface area contributed by atoms with Crippen LogP contribution in [0.2, 0.25) is 0 Å². The van der Waals surface area contributed by atoms with E-state index in [0.29, 0.717) is 6.04 Å². The van der Waals surface area contributed by atoms with E-state index in [2.05, 4.69) is 74.0 Å². The van der Waals surface area contributed by atoms with E-state index in [1.807, 2.05) is 0 Å². The summed E-state index contributed by atoms with van der Waals surface area (Å²) >= 11 is 1.78. The molecule has 0 aliphatic rings. The van der Waals surface area contributed by atoms with Crippen LogP contribution in [0.15, 0.2) is 53.4 Å². The average molecular weight is 271 g/mol. The normalized spacial score (nSPS) is 12.4. The molecule has 2 aromatic carbocycles. The SMILES string of the molecule is CSc1ccc(CNC(C)c2ccccc2C)cc1. The van der Waals surface area contributed by atoms with Gasteiger partial charge in [-0.25, -0.2) is 0 Å². The van der Waals surface area contributed by atoms with Crippen molar-refractivity contribution in [2.45, 2.75) is 31.3 Å². The highest BCUT2D eigenvalue weighted by Crippen LogP contribution is 2.18. The Bertz CT molecular complexity index is 519. The van der Waals surface area contributed by atoms with Crippen molar-refractivity contribution in [3.8, 4) is 0 Å². The van der Waals surface area contributed by atoms with Gasteiger partial charge in [0.15, 0.2) is 0 Å². The fourth-order valence-corrected chi connectivity index (χ4v) is 2.61. The summed E-state index contributed by atoms with van der Waals surface area (Å²) in [5.41, 5.74) is 4.06. The third-order valence-electron chi connectivity index (χ3n) is 3.43. The Kier molecular flexibility index (Phi) is 5.06. The predicted molar refractivity (Wildman–Crippen MR) is 84.7 cm³/mol. The lowest BCUT2D eigenvalue weighted by molar-refractivity contribution is 0.572. The molecule has 19 heavy (non-hydrogen) atoms. The Hall–Kier alpha value is -1.25. The van der Waals surface area contributed by atoms with Gasteiger partial charge in [0, 0.05) is 17.5 Å². The van der Waals surface area contributed by atoms with Crippen LogP contribution >= 0.6 is 11.8 Å². The molecule has 100 valence electrons. The Balaban J connectivity index is 1.96. The molecule has 0 aliphatic heterocycles. The lowest BCUT2D eigenvalue weighted by Gasteiger charge is -2.16. The lowest BCUT2D eigenvalue weighted by atomic mass is 10.0. The maximum Gasteiger partial charge on any atom is 0.0297 e. The molecule has 0 aromatic heterocycles. The van der Waals surface area contributed by atoms with Crippen molar-refractivity contribution in [3.05, 3.63) is 65.2 Å². The Morgan fingerprint density at radius 1 is 1.05 bits per heavy atom. The van der Waals surface area contributed by atoms with Gasteiger partial charge < -0.3 is 5.32 Å². The molecule has 0 saturated carbocycles. The first-order valence-electron chi connectivity index (χ1n) is 6.62. The standard InChI is InChI=1S/C17H21NS/c1-13-6-4-5-7-17(13)14(2)18-12-15-8-10-16(19-3)11-9-15/h4-11,14,18H,12H2,1-3H3. The van der Waals surface area contributed by atoms with Crippen LogP contribution in [0.1, 0.15) is 29.7 Å². The molecule has 0 heterocycles. The second kappa shape index (κ2) is 6.78. The van der Waals surface area contributed by atoms with E-state index in [1.165, 1.54) is 21.6 Å². The minimum absolute atomic E-state index is 0.376. The first-order valence-corrected chi connectivity index (χ1v) is 7.85. The van der Waals surface area contributed by atoms with Crippen molar-refractivity contribution < 1.29 is 0 Å². The van der Waals surface area contributed by atoms with E-state index >= 15 is 0 Å². The van der Waals surface area contributed by atoms with Crippen molar-refractivity contribution in [1.29, 1.82) is 0 Å². The van der Waals surface area contributed by atoms with Gasteiger partial charge in [-0.2, -0.15) is 0 Å². The molecule has 2 heteroatoms. The number of thioether (sulfide) groups is 1. The van der Waals surface area contributed by atoms with Gasteiger partial charge >= 0.3 is 0 Å². The zero-order chi connectivity index (χ0) is 13.7. The smallest absolute Gasteiger partial charge is 0.0297 e. The zero-order valence-corrected chi connectivity index (χ0v) is 12.6. The molecule has 0 spiro atoms. The van der Waals surface area contributed by atoms with Gasteiger partial charge in [0.25, 0.3) is 0 Å². The molecule has 1 unspecified atom stereocenters. The Morgan fingerprint density at radius 2 is 1.74 bits per heavy atom. The highest BCUT2D eigenvalue weighted by molar-refractivity contribution is 7.98. The quantitative estimate of drug-likeness (QED) is 0.800. The molecule has 2 aromatic rings. The van der Waals surface area contributed by atoms with Gasteiger partial charge in [0.05, 0.1) is 0 Å². The molecule has 0 saturated heterocycles. The van der Waals surface area contributed by atoms with Gasteiger partial charge in [-0.15, -0.1) is 11.8 Å². The third-order valence-corrected chi connectivity index (χ3v) is 4.17. The van der Waals surface area contributed by atoms with Gasteiger partial charge in [-0.1, -0.05) is 36.4 Å². The second-order valence-electron chi connectivity index (χ2n) is 4.81. The number of aryl methyl sites for hydroxylation is 1. The van der Waals surface area contributed by atoms with E-state index in [0.717, 1.165) is 6.54 Å². The Labute approximate surface area is 120 Å². The number of benzene rings is 2. The van der Waals surface area contributed by atoms with Crippen molar-refractivity contribution in [2.75, 3.05) is 6.26 Å². The first kappa shape index (κ1) is 14.2. The minimum Gasteiger partial charge on any atom is -0.306 e. The summed E-state index contributed by atoms with van der Waals surface area (Å²) in [5.74, 6) is 0. The van der Waals surface area contributed by atoms with Gasteiger partial charge in [0.2, 0.25) is 0 Å². The van der Waals surface area contributed by atoms with Gasteiger partial charge in [0.1, 0.15) is 0 Å². The molecule has 0 aliphatic carbocycles. The van der Waals surface area contributed by atoms with Gasteiger partial charge in [-0.3, -0.25) is 0 Å². The largest absolute Gasteiger partial charge is 0.306 e.